The zero-order valence-electron chi connectivity index (χ0n) is 12.3. The molecule has 0 saturated heterocycles. The molecule has 0 saturated carbocycles. The number of nitrogens with one attached hydrogen (secondary N) is 1. The lowest BCUT2D eigenvalue weighted by atomic mass is 10.3. The average molecular weight is 388 g/mol. The van der Waals surface area contributed by atoms with E-state index in [-0.39, 0.29) is 10.9 Å². The van der Waals surface area contributed by atoms with Gasteiger partial charge in [-0.05, 0) is 30.3 Å². The van der Waals surface area contributed by atoms with E-state index in [0.717, 1.165) is 11.3 Å². The predicted octanol–water partition coefficient (Wildman–Crippen LogP) is 4.54. The van der Waals surface area contributed by atoms with Crippen LogP contribution in [-0.2, 0) is 0 Å². The van der Waals surface area contributed by atoms with Gasteiger partial charge in [0.25, 0.3) is 5.91 Å². The van der Waals surface area contributed by atoms with Gasteiger partial charge in [0, 0.05) is 6.20 Å². The average Bonchev–Trinajstić information content (AvgIpc) is 2.94. The molecule has 1 aromatic carbocycles. The Bertz CT molecular complexity index is 913. The maximum atomic E-state index is 12.2. The van der Waals surface area contributed by atoms with E-state index in [1.807, 2.05) is 0 Å². The van der Waals surface area contributed by atoms with E-state index < -0.39 is 18.7 Å². The highest BCUT2D eigenvalue weighted by atomic mass is 35.5. The summed E-state index contributed by atoms with van der Waals surface area (Å²) in [6.07, 6.45) is -3.08. The van der Waals surface area contributed by atoms with E-state index >= 15 is 0 Å². The van der Waals surface area contributed by atoms with E-state index in [4.69, 9.17) is 16.3 Å². The summed E-state index contributed by atoms with van der Waals surface area (Å²) in [6.45, 7) is -1.37. The molecule has 1 amide bonds. The largest absolute Gasteiger partial charge is 0.484 e. The number of pyridine rings is 1. The molecule has 25 heavy (non-hydrogen) atoms. The Balaban J connectivity index is 1.74. The van der Waals surface area contributed by atoms with Crippen LogP contribution < -0.4 is 10.1 Å². The van der Waals surface area contributed by atoms with Gasteiger partial charge < -0.3 is 4.74 Å². The Kier molecular flexibility index (Phi) is 4.78. The molecule has 2 aromatic heterocycles. The number of carbonyl (C=O) groups is 1. The van der Waals surface area contributed by atoms with Gasteiger partial charge in [-0.25, -0.2) is 9.97 Å². The van der Waals surface area contributed by atoms with Crippen LogP contribution in [0.4, 0.5) is 18.3 Å². The minimum atomic E-state index is -4.41. The highest BCUT2D eigenvalue weighted by Gasteiger charge is 2.28. The first-order valence-electron chi connectivity index (χ1n) is 6.83. The summed E-state index contributed by atoms with van der Waals surface area (Å²) in [5.74, 6) is -0.343. The maximum Gasteiger partial charge on any atom is 0.422 e. The molecule has 0 spiro atoms. The van der Waals surface area contributed by atoms with Crippen molar-refractivity contribution in [3.63, 3.8) is 0 Å². The third-order valence-electron chi connectivity index (χ3n) is 2.97. The summed E-state index contributed by atoms with van der Waals surface area (Å²) in [5, 5.41) is 3.18. The molecule has 0 aliphatic rings. The van der Waals surface area contributed by atoms with Crippen molar-refractivity contribution in [3.05, 3.63) is 47.2 Å². The zero-order valence-corrected chi connectivity index (χ0v) is 13.9. The van der Waals surface area contributed by atoms with Gasteiger partial charge in [-0.1, -0.05) is 22.9 Å². The molecule has 0 atom stereocenters. The second-order valence-corrected chi connectivity index (χ2v) is 6.29. The summed E-state index contributed by atoms with van der Waals surface area (Å²) in [6, 6.07) is 7.36. The smallest absolute Gasteiger partial charge is 0.422 e. The number of halogens is 4. The number of alkyl halides is 3. The van der Waals surface area contributed by atoms with Crippen LogP contribution in [0.25, 0.3) is 10.2 Å². The standard InChI is InChI=1S/C15H9ClF3N3O2S/c16-12-4-1-8(6-20-12)13(23)22-14-21-10-3-2-9(5-11(10)25-14)24-7-15(17,18)19/h1-6H,7H2,(H,21,22,23). The van der Waals surface area contributed by atoms with Crippen molar-refractivity contribution >= 4 is 44.2 Å². The fourth-order valence-electron chi connectivity index (χ4n) is 1.89. The normalized spacial score (nSPS) is 11.5. The van der Waals surface area contributed by atoms with Crippen LogP contribution in [0.5, 0.6) is 5.75 Å². The molecule has 0 aliphatic heterocycles. The van der Waals surface area contributed by atoms with Gasteiger partial charge in [-0.15, -0.1) is 0 Å². The Morgan fingerprint density at radius 2 is 2.08 bits per heavy atom. The summed E-state index contributed by atoms with van der Waals surface area (Å²) in [7, 11) is 0. The van der Waals surface area contributed by atoms with Crippen molar-refractivity contribution in [3.8, 4) is 5.75 Å². The number of anilines is 1. The van der Waals surface area contributed by atoms with Crippen LogP contribution in [0.15, 0.2) is 36.5 Å². The number of aromatic nitrogens is 2. The number of rotatable bonds is 4. The monoisotopic (exact) mass is 387 g/mol. The molecule has 5 nitrogen and oxygen atoms in total. The first-order chi connectivity index (χ1) is 11.8. The van der Waals surface area contributed by atoms with Crippen LogP contribution in [0.1, 0.15) is 10.4 Å². The highest BCUT2D eigenvalue weighted by molar-refractivity contribution is 7.22. The molecule has 0 unspecified atom stereocenters. The number of benzene rings is 1. The lowest BCUT2D eigenvalue weighted by Gasteiger charge is -2.08. The van der Waals surface area contributed by atoms with Crippen molar-refractivity contribution in [2.24, 2.45) is 0 Å². The Hall–Kier alpha value is -2.39. The van der Waals surface area contributed by atoms with Crippen LogP contribution >= 0.6 is 22.9 Å². The van der Waals surface area contributed by atoms with E-state index in [1.54, 1.807) is 0 Å². The number of carbonyl (C=O) groups excluding carboxylic acids is 1. The fraction of sp³-hybridized carbons (Fsp3) is 0.133. The highest BCUT2D eigenvalue weighted by Crippen LogP contribution is 2.30. The van der Waals surface area contributed by atoms with Crippen molar-refractivity contribution < 1.29 is 22.7 Å². The van der Waals surface area contributed by atoms with Crippen LogP contribution in [0, 0.1) is 0 Å². The van der Waals surface area contributed by atoms with Gasteiger partial charge in [-0.2, -0.15) is 13.2 Å². The minimum absolute atomic E-state index is 0.0771. The molecule has 130 valence electrons. The molecule has 3 aromatic rings. The third-order valence-corrected chi connectivity index (χ3v) is 4.13. The van der Waals surface area contributed by atoms with Gasteiger partial charge in [0.2, 0.25) is 0 Å². The Morgan fingerprint density at radius 3 is 2.76 bits per heavy atom. The van der Waals surface area contributed by atoms with E-state index in [1.165, 1.54) is 36.5 Å². The molecule has 0 fully saturated rings. The van der Waals surface area contributed by atoms with Gasteiger partial charge in [0.05, 0.1) is 15.8 Å². The molecule has 0 bridgehead atoms. The SMILES string of the molecule is O=C(Nc1nc2ccc(OCC(F)(F)F)cc2s1)c1ccc(Cl)nc1. The molecule has 0 aliphatic carbocycles. The molecule has 1 N–H and O–H groups in total. The van der Waals surface area contributed by atoms with Gasteiger partial charge in [-0.3, -0.25) is 10.1 Å². The number of nitrogens with zero attached hydrogens (tertiary/aromatic N) is 2. The second kappa shape index (κ2) is 6.85. The number of amides is 1. The third kappa shape index (κ3) is 4.58. The number of thiazole rings is 1. The summed E-state index contributed by atoms with van der Waals surface area (Å²) in [5.41, 5.74) is 0.840. The van der Waals surface area contributed by atoms with E-state index in [9.17, 15) is 18.0 Å². The first-order valence-corrected chi connectivity index (χ1v) is 8.03. The molecule has 2 heterocycles. The van der Waals surface area contributed by atoms with Gasteiger partial charge in [0.1, 0.15) is 10.9 Å². The van der Waals surface area contributed by atoms with Crippen molar-refractivity contribution in [2.45, 2.75) is 6.18 Å². The summed E-state index contributed by atoms with van der Waals surface area (Å²) < 4.78 is 41.9. The van der Waals surface area contributed by atoms with Crippen molar-refractivity contribution in [2.75, 3.05) is 11.9 Å². The molecular weight excluding hydrogens is 379 g/mol. The molecule has 10 heteroatoms. The fourth-order valence-corrected chi connectivity index (χ4v) is 2.89. The van der Waals surface area contributed by atoms with E-state index in [0.29, 0.717) is 20.9 Å². The first kappa shape index (κ1) is 17.4. The number of hydrogen-bond acceptors (Lipinski definition) is 5. The quantitative estimate of drug-likeness (QED) is 0.668. The van der Waals surface area contributed by atoms with Gasteiger partial charge >= 0.3 is 6.18 Å². The minimum Gasteiger partial charge on any atom is -0.484 e. The molecular formula is C15H9ClF3N3O2S. The van der Waals surface area contributed by atoms with Crippen molar-refractivity contribution in [1.29, 1.82) is 0 Å². The predicted molar refractivity (Wildman–Crippen MR) is 88.4 cm³/mol. The second-order valence-electron chi connectivity index (χ2n) is 4.88. The van der Waals surface area contributed by atoms with Crippen molar-refractivity contribution in [1.82, 2.24) is 9.97 Å². The Morgan fingerprint density at radius 1 is 1.28 bits per heavy atom. The lowest BCUT2D eigenvalue weighted by molar-refractivity contribution is -0.153. The van der Waals surface area contributed by atoms with E-state index in [2.05, 4.69) is 15.3 Å². The maximum absolute atomic E-state index is 12.2. The summed E-state index contributed by atoms with van der Waals surface area (Å²) in [4.78, 5) is 20.1. The molecule has 0 radical (unpaired) electrons. The lowest BCUT2D eigenvalue weighted by Crippen LogP contribution is -2.19. The molecule has 3 rings (SSSR count). The topological polar surface area (TPSA) is 64.1 Å². The van der Waals surface area contributed by atoms with Gasteiger partial charge in [0.15, 0.2) is 11.7 Å². The van der Waals surface area contributed by atoms with Crippen LogP contribution in [0.2, 0.25) is 5.15 Å². The number of hydrogen-bond donors (Lipinski definition) is 1. The number of ether oxygens (including phenoxy) is 1. The summed E-state index contributed by atoms with van der Waals surface area (Å²) >= 11 is 6.78. The zero-order chi connectivity index (χ0) is 18.0. The Labute approximate surface area is 148 Å². The van der Waals surface area contributed by atoms with Crippen LogP contribution in [-0.4, -0.2) is 28.7 Å². The number of fused-ring (bicyclic) bond motifs is 1. The van der Waals surface area contributed by atoms with Crippen LogP contribution in [0.3, 0.4) is 0 Å².